The van der Waals surface area contributed by atoms with Crippen molar-refractivity contribution in [1.29, 1.82) is 0 Å². The van der Waals surface area contributed by atoms with Crippen LogP contribution < -0.4 is 4.74 Å². The van der Waals surface area contributed by atoms with E-state index in [1.807, 2.05) is 41.4 Å². The van der Waals surface area contributed by atoms with E-state index in [2.05, 4.69) is 10.1 Å². The first kappa shape index (κ1) is 16.6. The quantitative estimate of drug-likeness (QED) is 0.709. The third-order valence-electron chi connectivity index (χ3n) is 4.32. The number of carbonyl (C=O) groups is 1. The van der Waals surface area contributed by atoms with Crippen LogP contribution >= 0.6 is 11.6 Å². The van der Waals surface area contributed by atoms with Gasteiger partial charge in [-0.15, -0.1) is 0 Å². The van der Waals surface area contributed by atoms with Gasteiger partial charge in [0.2, 0.25) is 0 Å². The Kier molecular flexibility index (Phi) is 4.58. The Bertz CT molecular complexity index is 913. The molecule has 0 unspecified atom stereocenters. The topological polar surface area (TPSA) is 60.2 Å². The zero-order chi connectivity index (χ0) is 17.9. The highest BCUT2D eigenvalue weighted by atomic mass is 35.5. The highest BCUT2D eigenvalue weighted by Gasteiger charge is 2.28. The van der Waals surface area contributed by atoms with Crippen molar-refractivity contribution in [2.24, 2.45) is 0 Å². The molecule has 0 radical (unpaired) electrons. The summed E-state index contributed by atoms with van der Waals surface area (Å²) in [6.45, 7) is 1.18. The lowest BCUT2D eigenvalue weighted by Gasteiger charge is -2.18. The van der Waals surface area contributed by atoms with Gasteiger partial charge in [-0.2, -0.15) is 5.10 Å². The summed E-state index contributed by atoms with van der Waals surface area (Å²) in [5.41, 5.74) is 1.50. The molecule has 3 aromatic rings. The second kappa shape index (κ2) is 7.17. The lowest BCUT2D eigenvalue weighted by molar-refractivity contribution is 0.0772. The number of amides is 1. The standard InChI is InChI=1S/C19H17ClN4O2/c20-17-12-21-8-5-18(17)26-16-6-10-23(13-16)19(25)14-3-1-4-15(11-14)24-9-2-7-22-24/h1-5,7-9,11-12,16H,6,10,13H2/t16-/m0/s1. The number of nitrogens with zero attached hydrogens (tertiary/aromatic N) is 4. The molecule has 1 amide bonds. The fourth-order valence-electron chi connectivity index (χ4n) is 3.03. The van der Waals surface area contributed by atoms with E-state index in [0.717, 1.165) is 12.1 Å². The van der Waals surface area contributed by atoms with Crippen molar-refractivity contribution in [1.82, 2.24) is 19.7 Å². The number of aromatic nitrogens is 3. The highest BCUT2D eigenvalue weighted by molar-refractivity contribution is 6.31. The van der Waals surface area contributed by atoms with Gasteiger partial charge in [0.05, 0.1) is 12.2 Å². The van der Waals surface area contributed by atoms with E-state index in [4.69, 9.17) is 16.3 Å². The smallest absolute Gasteiger partial charge is 0.254 e. The molecule has 1 saturated heterocycles. The maximum absolute atomic E-state index is 12.8. The van der Waals surface area contributed by atoms with E-state index < -0.39 is 0 Å². The Morgan fingerprint density at radius 2 is 2.15 bits per heavy atom. The van der Waals surface area contributed by atoms with Crippen LogP contribution in [0, 0.1) is 0 Å². The molecule has 0 spiro atoms. The molecule has 2 aromatic heterocycles. The van der Waals surface area contributed by atoms with E-state index in [0.29, 0.717) is 29.4 Å². The maximum Gasteiger partial charge on any atom is 0.254 e. The van der Waals surface area contributed by atoms with Crippen molar-refractivity contribution in [2.75, 3.05) is 13.1 Å². The van der Waals surface area contributed by atoms with E-state index in [1.165, 1.54) is 0 Å². The van der Waals surface area contributed by atoms with E-state index in [9.17, 15) is 4.79 Å². The molecule has 1 aliphatic rings. The first-order chi connectivity index (χ1) is 12.7. The zero-order valence-electron chi connectivity index (χ0n) is 14.0. The van der Waals surface area contributed by atoms with Crippen molar-refractivity contribution < 1.29 is 9.53 Å². The van der Waals surface area contributed by atoms with Crippen LogP contribution in [0.1, 0.15) is 16.8 Å². The fourth-order valence-corrected chi connectivity index (χ4v) is 3.20. The Morgan fingerprint density at radius 1 is 1.23 bits per heavy atom. The zero-order valence-corrected chi connectivity index (χ0v) is 14.7. The second-order valence-electron chi connectivity index (χ2n) is 6.09. The number of halogens is 1. The molecule has 1 atom stereocenters. The summed E-state index contributed by atoms with van der Waals surface area (Å²) in [5.74, 6) is 0.590. The molecule has 1 fully saturated rings. The van der Waals surface area contributed by atoms with Crippen LogP contribution in [-0.2, 0) is 0 Å². The van der Waals surface area contributed by atoms with Crippen LogP contribution in [0.25, 0.3) is 5.69 Å². The third kappa shape index (κ3) is 3.41. The molecule has 1 aromatic carbocycles. The summed E-state index contributed by atoms with van der Waals surface area (Å²) in [5, 5.41) is 4.68. The van der Waals surface area contributed by atoms with Crippen molar-refractivity contribution in [3.8, 4) is 11.4 Å². The van der Waals surface area contributed by atoms with E-state index in [-0.39, 0.29) is 12.0 Å². The van der Waals surface area contributed by atoms with Gasteiger partial charge in [0.1, 0.15) is 16.9 Å². The molecule has 0 saturated carbocycles. The second-order valence-corrected chi connectivity index (χ2v) is 6.49. The van der Waals surface area contributed by atoms with Gasteiger partial charge in [0.25, 0.3) is 5.91 Å². The summed E-state index contributed by atoms with van der Waals surface area (Å²) in [6.07, 6.45) is 7.44. The highest BCUT2D eigenvalue weighted by Crippen LogP contribution is 2.26. The van der Waals surface area contributed by atoms with Crippen LogP contribution in [0.2, 0.25) is 5.02 Å². The molecule has 4 rings (SSSR count). The van der Waals surface area contributed by atoms with Crippen molar-refractivity contribution in [2.45, 2.75) is 12.5 Å². The predicted molar refractivity (Wildman–Crippen MR) is 97.7 cm³/mol. The SMILES string of the molecule is O=C(c1cccc(-n2cccn2)c1)N1CC[C@H](Oc2ccncc2Cl)C1. The molecule has 132 valence electrons. The molecule has 0 bridgehead atoms. The largest absolute Gasteiger partial charge is 0.487 e. The summed E-state index contributed by atoms with van der Waals surface area (Å²) in [4.78, 5) is 18.6. The summed E-state index contributed by atoms with van der Waals surface area (Å²) < 4.78 is 7.66. The number of rotatable bonds is 4. The maximum atomic E-state index is 12.8. The minimum absolute atomic E-state index is 0.00840. The number of hydrogen-bond acceptors (Lipinski definition) is 4. The van der Waals surface area contributed by atoms with Gasteiger partial charge < -0.3 is 9.64 Å². The minimum atomic E-state index is -0.0758. The van der Waals surface area contributed by atoms with Crippen LogP contribution in [0.3, 0.4) is 0 Å². The van der Waals surface area contributed by atoms with Gasteiger partial charge in [-0.3, -0.25) is 9.78 Å². The van der Waals surface area contributed by atoms with Crippen molar-refractivity contribution in [3.63, 3.8) is 0 Å². The van der Waals surface area contributed by atoms with Crippen molar-refractivity contribution in [3.05, 3.63) is 71.8 Å². The lowest BCUT2D eigenvalue weighted by atomic mass is 10.2. The molecular weight excluding hydrogens is 352 g/mol. The van der Waals surface area contributed by atoms with E-state index >= 15 is 0 Å². The fraction of sp³-hybridized carbons (Fsp3) is 0.211. The molecule has 1 aliphatic heterocycles. The van der Waals surface area contributed by atoms with Crippen molar-refractivity contribution >= 4 is 17.5 Å². The van der Waals surface area contributed by atoms with Crippen LogP contribution in [0.15, 0.2) is 61.2 Å². The Hall–Kier alpha value is -2.86. The minimum Gasteiger partial charge on any atom is -0.487 e. The number of carbonyl (C=O) groups excluding carboxylic acids is 1. The number of ether oxygens (including phenoxy) is 1. The summed E-state index contributed by atoms with van der Waals surface area (Å²) in [6, 6.07) is 11.0. The van der Waals surface area contributed by atoms with Gasteiger partial charge in [0, 0.05) is 49.4 Å². The van der Waals surface area contributed by atoms with Crippen LogP contribution in [-0.4, -0.2) is 44.8 Å². The molecule has 26 heavy (non-hydrogen) atoms. The normalized spacial score (nSPS) is 16.7. The van der Waals surface area contributed by atoms with Crippen LogP contribution in [0.5, 0.6) is 5.75 Å². The number of pyridine rings is 1. The summed E-state index contributed by atoms with van der Waals surface area (Å²) >= 11 is 6.09. The van der Waals surface area contributed by atoms with Crippen LogP contribution in [0.4, 0.5) is 0 Å². The van der Waals surface area contributed by atoms with Gasteiger partial charge >= 0.3 is 0 Å². The van der Waals surface area contributed by atoms with E-state index in [1.54, 1.807) is 29.3 Å². The Balaban J connectivity index is 1.45. The van der Waals surface area contributed by atoms with Gasteiger partial charge in [-0.25, -0.2) is 4.68 Å². The third-order valence-corrected chi connectivity index (χ3v) is 4.61. The monoisotopic (exact) mass is 368 g/mol. The number of benzene rings is 1. The average Bonchev–Trinajstić information content (AvgIpc) is 3.35. The molecule has 3 heterocycles. The van der Waals surface area contributed by atoms with Gasteiger partial charge in [-0.05, 0) is 24.3 Å². The first-order valence-electron chi connectivity index (χ1n) is 8.36. The molecule has 6 nitrogen and oxygen atoms in total. The number of likely N-dealkylation sites (tertiary alicyclic amines) is 1. The summed E-state index contributed by atoms with van der Waals surface area (Å²) in [7, 11) is 0. The lowest BCUT2D eigenvalue weighted by Crippen LogP contribution is -2.31. The molecule has 0 aliphatic carbocycles. The number of hydrogen-bond donors (Lipinski definition) is 0. The Morgan fingerprint density at radius 3 is 2.96 bits per heavy atom. The van der Waals surface area contributed by atoms with Gasteiger partial charge in [0.15, 0.2) is 0 Å². The molecular formula is C19H17ClN4O2. The first-order valence-corrected chi connectivity index (χ1v) is 8.74. The molecule has 0 N–H and O–H groups in total. The predicted octanol–water partition coefficient (Wildman–Crippen LogP) is 3.21. The van der Waals surface area contributed by atoms with Gasteiger partial charge in [-0.1, -0.05) is 17.7 Å². The molecule has 7 heteroatoms. The Labute approximate surface area is 156 Å². The average molecular weight is 369 g/mol.